The van der Waals surface area contributed by atoms with Gasteiger partial charge >= 0.3 is 0 Å². The summed E-state index contributed by atoms with van der Waals surface area (Å²) in [6.45, 7) is 5.26. The zero-order valence-corrected chi connectivity index (χ0v) is 20.1. The number of oxazole rings is 1. The molecule has 0 unspecified atom stereocenters. The second kappa shape index (κ2) is 9.60. The lowest BCUT2D eigenvalue weighted by Gasteiger charge is -2.19. The van der Waals surface area contributed by atoms with Gasteiger partial charge in [-0.3, -0.25) is 0 Å². The molecular weight excluding hydrogens is 438 g/mol. The van der Waals surface area contributed by atoms with E-state index in [2.05, 4.69) is 67.4 Å². The average Bonchev–Trinajstić information content (AvgIpc) is 3.52. The van der Waals surface area contributed by atoms with Gasteiger partial charge < -0.3 is 13.9 Å². The third-order valence-electron chi connectivity index (χ3n) is 5.90. The predicted octanol–water partition coefficient (Wildman–Crippen LogP) is 5.09. The second-order valence-corrected chi connectivity index (χ2v) is 10.2. The minimum atomic E-state index is 0.717. The van der Waals surface area contributed by atoms with Gasteiger partial charge in [0.15, 0.2) is 11.0 Å². The van der Waals surface area contributed by atoms with Crippen molar-refractivity contribution in [2.75, 3.05) is 25.4 Å². The molecule has 0 spiro atoms. The monoisotopic (exact) mass is 465 g/mol. The molecule has 166 valence electrons. The van der Waals surface area contributed by atoms with E-state index < -0.39 is 0 Å². The average molecular weight is 466 g/mol. The molecule has 0 fully saturated rings. The first kappa shape index (κ1) is 21.4. The van der Waals surface area contributed by atoms with Crippen LogP contribution in [0.1, 0.15) is 23.3 Å². The van der Waals surface area contributed by atoms with E-state index >= 15 is 0 Å². The van der Waals surface area contributed by atoms with Crippen molar-refractivity contribution in [3.8, 4) is 22.2 Å². The molecule has 1 aliphatic rings. The van der Waals surface area contributed by atoms with Crippen LogP contribution < -0.4 is 0 Å². The molecule has 4 aromatic rings. The van der Waals surface area contributed by atoms with Gasteiger partial charge in [-0.05, 0) is 67.4 Å². The van der Waals surface area contributed by atoms with Gasteiger partial charge in [-0.25, -0.2) is 4.98 Å². The molecule has 5 rings (SSSR count). The molecule has 0 atom stereocenters. The minimum Gasteiger partial charge on any atom is -0.441 e. The van der Waals surface area contributed by atoms with Crippen LogP contribution >= 0.6 is 23.1 Å². The summed E-state index contributed by atoms with van der Waals surface area (Å²) in [5.74, 6) is 3.57. The Hall–Kier alpha value is -2.42. The smallest absolute Gasteiger partial charge is 0.226 e. The molecular formula is C24H27N5OS2. The molecule has 3 aromatic heterocycles. The Balaban J connectivity index is 1.12. The molecule has 8 heteroatoms. The summed E-state index contributed by atoms with van der Waals surface area (Å²) in [4.78, 5) is 8.13. The zero-order valence-electron chi connectivity index (χ0n) is 18.5. The fourth-order valence-corrected chi connectivity index (χ4v) is 5.71. The summed E-state index contributed by atoms with van der Waals surface area (Å²) < 4.78 is 7.81. The Labute approximate surface area is 196 Å². The second-order valence-electron chi connectivity index (χ2n) is 8.15. The van der Waals surface area contributed by atoms with Gasteiger partial charge in [-0.15, -0.1) is 21.5 Å². The number of aromatic nitrogens is 4. The summed E-state index contributed by atoms with van der Waals surface area (Å²) in [6, 6.07) is 10.8. The van der Waals surface area contributed by atoms with Crippen molar-refractivity contribution in [1.82, 2.24) is 24.6 Å². The fourth-order valence-electron chi connectivity index (χ4n) is 4.13. The van der Waals surface area contributed by atoms with Crippen LogP contribution in [0, 0.1) is 6.92 Å². The van der Waals surface area contributed by atoms with Gasteiger partial charge in [0, 0.05) is 31.5 Å². The molecule has 6 nitrogen and oxygen atoms in total. The molecule has 0 N–H and O–H groups in total. The summed E-state index contributed by atoms with van der Waals surface area (Å²) in [6.07, 6.45) is 5.10. The number of thiophene rings is 1. The number of hydrogen-bond donors (Lipinski definition) is 0. The largest absolute Gasteiger partial charge is 0.441 e. The van der Waals surface area contributed by atoms with E-state index in [1.165, 1.54) is 11.1 Å². The molecule has 0 bridgehead atoms. The summed E-state index contributed by atoms with van der Waals surface area (Å²) in [7, 11) is 2.05. The topological polar surface area (TPSA) is 60.0 Å². The van der Waals surface area contributed by atoms with Crippen molar-refractivity contribution in [2.45, 2.75) is 31.3 Å². The lowest BCUT2D eigenvalue weighted by molar-refractivity contribution is 0.289. The number of hydrogen-bond acceptors (Lipinski definition) is 7. The van der Waals surface area contributed by atoms with E-state index in [4.69, 9.17) is 4.42 Å². The summed E-state index contributed by atoms with van der Waals surface area (Å²) in [5.41, 5.74) is 3.96. The van der Waals surface area contributed by atoms with Crippen molar-refractivity contribution in [3.63, 3.8) is 0 Å². The van der Waals surface area contributed by atoms with Crippen molar-refractivity contribution in [1.29, 1.82) is 0 Å². The van der Waals surface area contributed by atoms with Crippen molar-refractivity contribution >= 4 is 23.1 Å². The van der Waals surface area contributed by atoms with Gasteiger partial charge in [0.25, 0.3) is 0 Å². The van der Waals surface area contributed by atoms with E-state index in [9.17, 15) is 0 Å². The number of thioether (sulfide) groups is 1. The highest BCUT2D eigenvalue weighted by atomic mass is 32.2. The van der Waals surface area contributed by atoms with Crippen LogP contribution in [0.4, 0.5) is 0 Å². The highest BCUT2D eigenvalue weighted by Gasteiger charge is 2.16. The maximum atomic E-state index is 5.71. The van der Waals surface area contributed by atoms with Crippen LogP contribution in [0.3, 0.4) is 0 Å². The minimum absolute atomic E-state index is 0.717. The Morgan fingerprint density at radius 1 is 1.12 bits per heavy atom. The Bertz CT molecular complexity index is 1180. The first-order chi connectivity index (χ1) is 15.7. The van der Waals surface area contributed by atoms with Crippen LogP contribution in [-0.4, -0.2) is 50.0 Å². The first-order valence-electron chi connectivity index (χ1n) is 11.0. The van der Waals surface area contributed by atoms with Crippen molar-refractivity contribution in [2.24, 2.45) is 7.05 Å². The number of aryl methyl sites for hydroxylation is 1. The maximum absolute atomic E-state index is 5.71. The molecule has 4 heterocycles. The van der Waals surface area contributed by atoms with E-state index in [1.54, 1.807) is 29.3 Å². The van der Waals surface area contributed by atoms with Gasteiger partial charge in [0.2, 0.25) is 5.89 Å². The van der Waals surface area contributed by atoms with E-state index in [1.807, 2.05) is 6.92 Å². The predicted molar refractivity (Wildman–Crippen MR) is 130 cm³/mol. The van der Waals surface area contributed by atoms with E-state index in [0.717, 1.165) is 77.7 Å². The molecule has 0 saturated heterocycles. The highest BCUT2D eigenvalue weighted by molar-refractivity contribution is 7.99. The lowest BCUT2D eigenvalue weighted by Crippen LogP contribution is -2.27. The number of benzene rings is 1. The van der Waals surface area contributed by atoms with Crippen LogP contribution in [-0.2, 0) is 19.9 Å². The van der Waals surface area contributed by atoms with Crippen LogP contribution in [0.5, 0.6) is 0 Å². The quantitative estimate of drug-likeness (QED) is 0.280. The lowest BCUT2D eigenvalue weighted by atomic mass is 10.00. The third-order valence-corrected chi connectivity index (χ3v) is 7.87. The molecule has 0 saturated carbocycles. The Morgan fingerprint density at radius 2 is 2.00 bits per heavy atom. The Kier molecular flexibility index (Phi) is 6.43. The highest BCUT2D eigenvalue weighted by Crippen LogP contribution is 2.27. The van der Waals surface area contributed by atoms with Crippen molar-refractivity contribution in [3.05, 3.63) is 58.8 Å². The molecule has 32 heavy (non-hydrogen) atoms. The van der Waals surface area contributed by atoms with Crippen LogP contribution in [0.2, 0.25) is 0 Å². The number of fused-ring (bicyclic) bond motifs is 1. The van der Waals surface area contributed by atoms with E-state index in [0.29, 0.717) is 0 Å². The molecule has 1 aromatic carbocycles. The van der Waals surface area contributed by atoms with E-state index in [-0.39, 0.29) is 0 Å². The zero-order chi connectivity index (χ0) is 21.9. The molecule has 0 radical (unpaired) electrons. The number of rotatable bonds is 7. The summed E-state index contributed by atoms with van der Waals surface area (Å²) >= 11 is 3.50. The third kappa shape index (κ3) is 4.67. The van der Waals surface area contributed by atoms with Gasteiger partial charge in [0.05, 0.1) is 11.1 Å². The van der Waals surface area contributed by atoms with Crippen LogP contribution in [0.15, 0.2) is 51.5 Å². The molecule has 0 aliphatic carbocycles. The van der Waals surface area contributed by atoms with Crippen molar-refractivity contribution < 1.29 is 4.42 Å². The molecule has 0 amide bonds. The molecule has 1 aliphatic heterocycles. The normalized spacial score (nSPS) is 14.4. The Morgan fingerprint density at radius 3 is 2.78 bits per heavy atom. The maximum Gasteiger partial charge on any atom is 0.226 e. The van der Waals surface area contributed by atoms with Crippen LogP contribution in [0.25, 0.3) is 22.2 Å². The van der Waals surface area contributed by atoms with Gasteiger partial charge in [-0.1, -0.05) is 23.9 Å². The first-order valence-corrected chi connectivity index (χ1v) is 12.9. The SMILES string of the molecule is Cc1cnc(-c2ccc3c(c2)CCN(CCCSc2nnc(-c4cccs4)n2C)CC3)o1. The number of nitrogens with zero attached hydrogens (tertiary/aromatic N) is 5. The van der Waals surface area contributed by atoms with Gasteiger partial charge in [0.1, 0.15) is 5.76 Å². The van der Waals surface area contributed by atoms with Gasteiger partial charge in [-0.2, -0.15) is 0 Å². The standard InChI is InChI=1S/C24H27N5OS2/c1-17-16-25-23(30-17)20-7-6-18-8-11-29(12-9-19(18)15-20)10-4-14-32-24-27-26-22(28(24)2)21-5-3-13-31-21/h3,5-7,13,15-16H,4,8-12,14H2,1-2H3. The summed E-state index contributed by atoms with van der Waals surface area (Å²) in [5, 5.41) is 11.8. The fraction of sp³-hybridized carbons (Fsp3) is 0.375.